The van der Waals surface area contributed by atoms with E-state index in [4.69, 9.17) is 0 Å². The Bertz CT molecular complexity index is 912. The van der Waals surface area contributed by atoms with Crippen molar-refractivity contribution in [3.8, 4) is 0 Å². The summed E-state index contributed by atoms with van der Waals surface area (Å²) in [5.74, 6) is -0.558. The van der Waals surface area contributed by atoms with Crippen LogP contribution in [0.15, 0.2) is 53.4 Å². The summed E-state index contributed by atoms with van der Waals surface area (Å²) in [5, 5.41) is 0. The summed E-state index contributed by atoms with van der Waals surface area (Å²) >= 11 is 0. The van der Waals surface area contributed by atoms with Gasteiger partial charge in [-0.15, -0.1) is 0 Å². The molecule has 144 valence electrons. The third-order valence-electron chi connectivity index (χ3n) is 4.72. The summed E-state index contributed by atoms with van der Waals surface area (Å²) in [6.07, 6.45) is 1.75. The first-order valence-electron chi connectivity index (χ1n) is 8.97. The Balaban J connectivity index is 1.51. The summed E-state index contributed by atoms with van der Waals surface area (Å²) in [6, 6.07) is 14.3. The number of nitrogens with one attached hydrogen (secondary N) is 1. The van der Waals surface area contributed by atoms with Crippen LogP contribution in [0.2, 0.25) is 0 Å². The van der Waals surface area contributed by atoms with Crippen LogP contribution >= 0.6 is 0 Å². The molecule has 2 aromatic rings. The van der Waals surface area contributed by atoms with Crippen molar-refractivity contribution in [2.75, 3.05) is 26.7 Å². The topological polar surface area (TPSA) is 75.7 Å². The van der Waals surface area contributed by atoms with Gasteiger partial charge in [0.15, 0.2) is 0 Å². The minimum absolute atomic E-state index is 0.0669. The van der Waals surface area contributed by atoms with Gasteiger partial charge >= 0.3 is 5.97 Å². The maximum absolute atomic E-state index is 12.4. The Labute approximate surface area is 160 Å². The van der Waals surface area contributed by atoms with Crippen molar-refractivity contribution in [1.82, 2.24) is 9.62 Å². The van der Waals surface area contributed by atoms with Gasteiger partial charge in [-0.05, 0) is 48.7 Å². The van der Waals surface area contributed by atoms with Gasteiger partial charge in [0.25, 0.3) is 0 Å². The maximum Gasteiger partial charge on any atom is 0.337 e. The fraction of sp³-hybridized carbons (Fsp3) is 0.350. The fourth-order valence-electron chi connectivity index (χ4n) is 3.25. The average molecular weight is 388 g/mol. The van der Waals surface area contributed by atoms with E-state index < -0.39 is 16.0 Å². The Morgan fingerprint density at radius 1 is 1.15 bits per heavy atom. The van der Waals surface area contributed by atoms with Crippen molar-refractivity contribution < 1.29 is 17.9 Å². The molecule has 1 N–H and O–H groups in total. The van der Waals surface area contributed by atoms with Crippen LogP contribution in [-0.4, -0.2) is 46.0 Å². The Hall–Kier alpha value is -2.22. The van der Waals surface area contributed by atoms with Crippen LogP contribution in [0.25, 0.3) is 0 Å². The quantitative estimate of drug-likeness (QED) is 0.581. The normalized spacial score (nSPS) is 14.6. The zero-order valence-electron chi connectivity index (χ0n) is 15.3. The minimum atomic E-state index is -3.65. The fourth-order valence-corrected chi connectivity index (χ4v) is 4.37. The van der Waals surface area contributed by atoms with Gasteiger partial charge < -0.3 is 4.74 Å². The molecule has 0 aliphatic carbocycles. The largest absolute Gasteiger partial charge is 0.465 e. The van der Waals surface area contributed by atoms with Crippen molar-refractivity contribution >= 4 is 16.0 Å². The number of carbonyl (C=O) groups is 1. The molecule has 0 saturated carbocycles. The highest BCUT2D eigenvalue weighted by Crippen LogP contribution is 2.18. The molecule has 0 spiro atoms. The van der Waals surface area contributed by atoms with E-state index in [9.17, 15) is 13.2 Å². The van der Waals surface area contributed by atoms with E-state index in [1.54, 1.807) is 0 Å². The van der Waals surface area contributed by atoms with Crippen LogP contribution in [0.1, 0.15) is 27.9 Å². The molecule has 7 heteroatoms. The van der Waals surface area contributed by atoms with Gasteiger partial charge in [0, 0.05) is 19.6 Å². The molecule has 0 aromatic heterocycles. The number of hydrogen-bond donors (Lipinski definition) is 1. The predicted molar refractivity (Wildman–Crippen MR) is 103 cm³/mol. The van der Waals surface area contributed by atoms with Crippen LogP contribution in [0.3, 0.4) is 0 Å². The summed E-state index contributed by atoms with van der Waals surface area (Å²) in [7, 11) is -2.39. The lowest BCUT2D eigenvalue weighted by atomic mass is 10.00. The molecule has 0 bridgehead atoms. The molecular formula is C20H24N2O4S. The van der Waals surface area contributed by atoms with Gasteiger partial charge in [0.05, 0.1) is 17.6 Å². The van der Waals surface area contributed by atoms with Crippen LogP contribution < -0.4 is 4.72 Å². The molecule has 1 aliphatic rings. The predicted octanol–water partition coefficient (Wildman–Crippen LogP) is 2.20. The van der Waals surface area contributed by atoms with Crippen molar-refractivity contribution in [1.29, 1.82) is 0 Å². The molecule has 0 fully saturated rings. The summed E-state index contributed by atoms with van der Waals surface area (Å²) in [6.45, 7) is 3.08. The van der Waals surface area contributed by atoms with E-state index in [-0.39, 0.29) is 10.5 Å². The van der Waals surface area contributed by atoms with Gasteiger partial charge in [-0.3, -0.25) is 4.90 Å². The number of ether oxygens (including phenoxy) is 1. The van der Waals surface area contributed by atoms with E-state index >= 15 is 0 Å². The molecule has 0 saturated heterocycles. The lowest BCUT2D eigenvalue weighted by molar-refractivity contribution is 0.0600. The third kappa shape index (κ3) is 4.94. The smallest absolute Gasteiger partial charge is 0.337 e. The number of rotatable bonds is 7. The Morgan fingerprint density at radius 2 is 1.93 bits per heavy atom. The van der Waals surface area contributed by atoms with Crippen LogP contribution in [0, 0.1) is 0 Å². The molecule has 0 amide bonds. The summed E-state index contributed by atoms with van der Waals surface area (Å²) in [5.41, 5.74) is 2.97. The number of esters is 1. The van der Waals surface area contributed by atoms with Gasteiger partial charge in [-0.1, -0.05) is 30.3 Å². The molecule has 3 rings (SSSR count). The monoisotopic (exact) mass is 388 g/mol. The Morgan fingerprint density at radius 3 is 2.70 bits per heavy atom. The lowest BCUT2D eigenvalue weighted by Gasteiger charge is -2.28. The van der Waals surface area contributed by atoms with E-state index in [1.807, 2.05) is 0 Å². The van der Waals surface area contributed by atoms with Crippen molar-refractivity contribution in [2.24, 2.45) is 0 Å². The van der Waals surface area contributed by atoms with E-state index in [2.05, 4.69) is 38.6 Å². The molecule has 6 nitrogen and oxygen atoms in total. The number of methoxy groups -OCH3 is 1. The SMILES string of the molecule is COC(=O)c1cccc(S(=O)(=O)NCCCN2CCc3ccccc3C2)c1. The highest BCUT2D eigenvalue weighted by Gasteiger charge is 2.18. The molecule has 0 radical (unpaired) electrons. The second kappa shape index (κ2) is 8.65. The molecule has 27 heavy (non-hydrogen) atoms. The number of sulfonamides is 1. The van der Waals surface area contributed by atoms with Crippen LogP contribution in [0.4, 0.5) is 0 Å². The van der Waals surface area contributed by atoms with Crippen LogP contribution in [-0.2, 0) is 27.7 Å². The van der Waals surface area contributed by atoms with Gasteiger partial charge in [0.1, 0.15) is 0 Å². The zero-order chi connectivity index (χ0) is 19.3. The van der Waals surface area contributed by atoms with E-state index in [0.717, 1.165) is 32.5 Å². The molecule has 0 atom stereocenters. The van der Waals surface area contributed by atoms with Crippen molar-refractivity contribution in [2.45, 2.75) is 24.3 Å². The number of carbonyl (C=O) groups excluding carboxylic acids is 1. The number of fused-ring (bicyclic) bond motifs is 1. The minimum Gasteiger partial charge on any atom is -0.465 e. The standard InChI is InChI=1S/C20H24N2O4S/c1-26-20(23)17-8-4-9-19(14-17)27(24,25)21-11-5-12-22-13-10-16-6-2-3-7-18(16)15-22/h2-4,6-9,14,21H,5,10-13,15H2,1H3. The first-order chi connectivity index (χ1) is 13.0. The third-order valence-corrected chi connectivity index (χ3v) is 6.18. The van der Waals surface area contributed by atoms with Gasteiger partial charge in [-0.2, -0.15) is 0 Å². The summed E-state index contributed by atoms with van der Waals surface area (Å²) in [4.78, 5) is 14.0. The molecular weight excluding hydrogens is 364 g/mol. The lowest BCUT2D eigenvalue weighted by Crippen LogP contribution is -2.33. The van der Waals surface area contributed by atoms with E-state index in [1.165, 1.54) is 42.5 Å². The molecule has 1 heterocycles. The maximum atomic E-state index is 12.4. The number of benzene rings is 2. The number of nitrogens with zero attached hydrogens (tertiary/aromatic N) is 1. The first-order valence-corrected chi connectivity index (χ1v) is 10.4. The van der Waals surface area contributed by atoms with Crippen molar-refractivity contribution in [3.05, 3.63) is 65.2 Å². The summed E-state index contributed by atoms with van der Waals surface area (Å²) < 4.78 is 32.1. The highest BCUT2D eigenvalue weighted by molar-refractivity contribution is 7.89. The molecule has 0 unspecified atom stereocenters. The van der Waals surface area contributed by atoms with Gasteiger partial charge in [0.2, 0.25) is 10.0 Å². The second-order valence-electron chi connectivity index (χ2n) is 6.57. The van der Waals surface area contributed by atoms with E-state index in [0.29, 0.717) is 6.54 Å². The van der Waals surface area contributed by atoms with Gasteiger partial charge in [-0.25, -0.2) is 17.9 Å². The Kier molecular flexibility index (Phi) is 6.26. The van der Waals surface area contributed by atoms with Crippen molar-refractivity contribution in [3.63, 3.8) is 0 Å². The number of hydrogen-bond acceptors (Lipinski definition) is 5. The first kappa shape index (κ1) is 19.5. The molecule has 2 aromatic carbocycles. The van der Waals surface area contributed by atoms with Crippen LogP contribution in [0.5, 0.6) is 0 Å². The highest BCUT2D eigenvalue weighted by atomic mass is 32.2. The zero-order valence-corrected chi connectivity index (χ0v) is 16.2. The second-order valence-corrected chi connectivity index (χ2v) is 8.33. The molecule has 1 aliphatic heterocycles. The average Bonchev–Trinajstić information content (AvgIpc) is 2.70.